The summed E-state index contributed by atoms with van der Waals surface area (Å²) < 4.78 is 38.4. The molecule has 1 aromatic heterocycles. The molecule has 1 atom stereocenters. The first-order valence-electron chi connectivity index (χ1n) is 8.32. The molecule has 2 heterocycles. The molecular formula is C18H15F3N4O2S2. The van der Waals surface area contributed by atoms with E-state index in [2.05, 4.69) is 21.9 Å². The Balaban J connectivity index is 1.70. The van der Waals surface area contributed by atoms with Gasteiger partial charge in [-0.15, -0.1) is 17.9 Å². The summed E-state index contributed by atoms with van der Waals surface area (Å²) in [5, 5.41) is 4.31. The Bertz CT molecular complexity index is 945. The monoisotopic (exact) mass is 440 g/mol. The lowest BCUT2D eigenvalue weighted by atomic mass is 10.2. The van der Waals surface area contributed by atoms with E-state index in [1.807, 2.05) is 0 Å². The van der Waals surface area contributed by atoms with Gasteiger partial charge in [-0.1, -0.05) is 23.9 Å². The number of rotatable bonds is 6. The fourth-order valence-corrected chi connectivity index (χ4v) is 4.24. The number of aliphatic imine (C=N–C) groups is 1. The van der Waals surface area contributed by atoms with Crippen LogP contribution in [0.25, 0.3) is 0 Å². The van der Waals surface area contributed by atoms with Crippen LogP contribution in [-0.4, -0.2) is 38.7 Å². The molecule has 0 bridgehead atoms. The van der Waals surface area contributed by atoms with Crippen LogP contribution in [-0.2, 0) is 15.8 Å². The Morgan fingerprint density at radius 2 is 2.21 bits per heavy atom. The number of nitrogens with one attached hydrogen (secondary N) is 1. The van der Waals surface area contributed by atoms with Crippen molar-refractivity contribution in [2.45, 2.75) is 17.8 Å². The number of anilines is 1. The Morgan fingerprint density at radius 1 is 1.41 bits per heavy atom. The van der Waals surface area contributed by atoms with Gasteiger partial charge in [0.05, 0.1) is 5.56 Å². The highest BCUT2D eigenvalue weighted by molar-refractivity contribution is 8.15. The van der Waals surface area contributed by atoms with Crippen molar-refractivity contribution < 1.29 is 22.8 Å². The lowest BCUT2D eigenvalue weighted by molar-refractivity contribution is -0.137. The van der Waals surface area contributed by atoms with E-state index in [9.17, 15) is 22.8 Å². The average molecular weight is 440 g/mol. The van der Waals surface area contributed by atoms with Gasteiger partial charge in [0, 0.05) is 30.2 Å². The average Bonchev–Trinajstić information content (AvgIpc) is 3.26. The SMILES string of the molecule is C=CCN1C(=O)C(CC(=O)Nc2cccc(C(F)(F)F)c2)S/C1=N/c1nccs1. The van der Waals surface area contributed by atoms with Crippen molar-refractivity contribution in [1.29, 1.82) is 0 Å². The zero-order valence-electron chi connectivity index (χ0n) is 14.8. The Hall–Kier alpha value is -2.66. The lowest BCUT2D eigenvalue weighted by Gasteiger charge is -2.13. The lowest BCUT2D eigenvalue weighted by Crippen LogP contribution is -2.33. The summed E-state index contributed by atoms with van der Waals surface area (Å²) in [4.78, 5) is 34.7. The molecule has 1 N–H and O–H groups in total. The molecule has 1 unspecified atom stereocenters. The summed E-state index contributed by atoms with van der Waals surface area (Å²) in [5.41, 5.74) is -0.850. The Kier molecular flexibility index (Phi) is 6.38. The number of nitrogens with zero attached hydrogens (tertiary/aromatic N) is 3. The third kappa shape index (κ3) is 5.24. The zero-order valence-corrected chi connectivity index (χ0v) is 16.5. The summed E-state index contributed by atoms with van der Waals surface area (Å²) in [7, 11) is 0. The van der Waals surface area contributed by atoms with Crippen molar-refractivity contribution in [3.8, 4) is 0 Å². The number of alkyl halides is 3. The molecule has 1 aliphatic heterocycles. The van der Waals surface area contributed by atoms with Crippen molar-refractivity contribution >= 4 is 50.9 Å². The highest BCUT2D eigenvalue weighted by atomic mass is 32.2. The fraction of sp³-hybridized carbons (Fsp3) is 0.222. The van der Waals surface area contributed by atoms with Crippen LogP contribution in [0.5, 0.6) is 0 Å². The second-order valence-corrected chi connectivity index (χ2v) is 7.93. The van der Waals surface area contributed by atoms with E-state index >= 15 is 0 Å². The number of amides is 2. The third-order valence-electron chi connectivity index (χ3n) is 3.79. The summed E-state index contributed by atoms with van der Waals surface area (Å²) in [6, 6.07) is 4.33. The number of carbonyl (C=O) groups excluding carboxylic acids is 2. The molecule has 2 amide bonds. The van der Waals surface area contributed by atoms with Crippen molar-refractivity contribution in [3.05, 3.63) is 54.1 Å². The van der Waals surface area contributed by atoms with E-state index < -0.39 is 22.9 Å². The number of thiazole rings is 1. The predicted molar refractivity (Wildman–Crippen MR) is 107 cm³/mol. The van der Waals surface area contributed by atoms with Gasteiger partial charge in [-0.05, 0) is 18.2 Å². The minimum absolute atomic E-state index is 0.0138. The van der Waals surface area contributed by atoms with E-state index in [0.29, 0.717) is 10.3 Å². The highest BCUT2D eigenvalue weighted by Gasteiger charge is 2.39. The summed E-state index contributed by atoms with van der Waals surface area (Å²) >= 11 is 2.42. The van der Waals surface area contributed by atoms with Crippen molar-refractivity contribution in [2.75, 3.05) is 11.9 Å². The number of hydrogen-bond donors (Lipinski definition) is 1. The van der Waals surface area contributed by atoms with Gasteiger partial charge in [-0.3, -0.25) is 14.5 Å². The Morgan fingerprint density at radius 3 is 2.86 bits per heavy atom. The van der Waals surface area contributed by atoms with Crippen LogP contribution in [0.4, 0.5) is 24.0 Å². The first-order chi connectivity index (χ1) is 13.8. The van der Waals surface area contributed by atoms with Crippen LogP contribution < -0.4 is 5.32 Å². The second-order valence-electron chi connectivity index (χ2n) is 5.88. The number of amidine groups is 1. The van der Waals surface area contributed by atoms with Crippen LogP contribution in [0.15, 0.2) is 53.5 Å². The van der Waals surface area contributed by atoms with Gasteiger partial charge in [0.2, 0.25) is 16.9 Å². The van der Waals surface area contributed by atoms with Crippen LogP contribution in [0, 0.1) is 0 Å². The fourth-order valence-electron chi connectivity index (χ4n) is 2.53. The number of halogens is 3. The van der Waals surface area contributed by atoms with Gasteiger partial charge in [0.25, 0.3) is 0 Å². The van der Waals surface area contributed by atoms with Crippen molar-refractivity contribution in [2.24, 2.45) is 4.99 Å². The van der Waals surface area contributed by atoms with Gasteiger partial charge in [0.1, 0.15) is 5.25 Å². The molecular weight excluding hydrogens is 425 g/mol. The van der Waals surface area contributed by atoms with Gasteiger partial charge in [0.15, 0.2) is 5.17 Å². The molecule has 1 fully saturated rings. The van der Waals surface area contributed by atoms with Gasteiger partial charge in [-0.2, -0.15) is 18.2 Å². The third-order valence-corrected chi connectivity index (χ3v) is 5.63. The molecule has 0 saturated carbocycles. The molecule has 0 spiro atoms. The zero-order chi connectivity index (χ0) is 21.0. The normalized spacial score (nSPS) is 18.3. The summed E-state index contributed by atoms with van der Waals surface area (Å²) in [6.07, 6.45) is -1.58. The number of carbonyl (C=O) groups is 2. The first-order valence-corrected chi connectivity index (χ1v) is 10.1. The number of thioether (sulfide) groups is 1. The maximum Gasteiger partial charge on any atom is 0.416 e. The van der Waals surface area contributed by atoms with E-state index in [0.717, 1.165) is 23.9 Å². The standard InChI is InChI=1S/C18H15F3N4O2S2/c1-2-7-25-15(27)13(29-17(25)24-16-22-6-8-28-16)10-14(26)23-12-5-3-4-11(9-12)18(19,20)21/h2-6,8-9,13H,1,7,10H2,(H,23,26)/b24-17+. The smallest absolute Gasteiger partial charge is 0.326 e. The van der Waals surface area contributed by atoms with Gasteiger partial charge >= 0.3 is 6.18 Å². The van der Waals surface area contributed by atoms with E-state index in [-0.39, 0.29) is 24.6 Å². The second kappa shape index (κ2) is 8.78. The van der Waals surface area contributed by atoms with E-state index in [1.165, 1.54) is 28.4 Å². The largest absolute Gasteiger partial charge is 0.416 e. The number of benzene rings is 1. The number of hydrogen-bond acceptors (Lipinski definition) is 6. The van der Waals surface area contributed by atoms with Crippen molar-refractivity contribution in [3.63, 3.8) is 0 Å². The van der Waals surface area contributed by atoms with Crippen LogP contribution >= 0.6 is 23.1 Å². The van der Waals surface area contributed by atoms with Gasteiger partial charge in [-0.25, -0.2) is 4.98 Å². The quantitative estimate of drug-likeness (QED) is 0.680. The van der Waals surface area contributed by atoms with Gasteiger partial charge < -0.3 is 5.32 Å². The molecule has 3 rings (SSSR count). The molecule has 2 aromatic rings. The highest BCUT2D eigenvalue weighted by Crippen LogP contribution is 2.33. The minimum atomic E-state index is -4.51. The van der Waals surface area contributed by atoms with Crippen molar-refractivity contribution in [1.82, 2.24) is 9.88 Å². The van der Waals surface area contributed by atoms with E-state index in [4.69, 9.17) is 0 Å². The Labute approximate surface area is 172 Å². The molecule has 29 heavy (non-hydrogen) atoms. The summed E-state index contributed by atoms with van der Waals surface area (Å²) in [6.45, 7) is 3.84. The van der Waals surface area contributed by atoms with Crippen LogP contribution in [0.3, 0.4) is 0 Å². The molecule has 0 radical (unpaired) electrons. The maximum atomic E-state index is 12.8. The molecule has 6 nitrogen and oxygen atoms in total. The molecule has 1 aromatic carbocycles. The topological polar surface area (TPSA) is 74.7 Å². The first kappa shape index (κ1) is 21.1. The molecule has 1 aliphatic rings. The van der Waals surface area contributed by atoms with Crippen LogP contribution in [0.2, 0.25) is 0 Å². The molecule has 1 saturated heterocycles. The van der Waals surface area contributed by atoms with E-state index in [1.54, 1.807) is 17.7 Å². The maximum absolute atomic E-state index is 12.8. The van der Waals surface area contributed by atoms with Crippen LogP contribution in [0.1, 0.15) is 12.0 Å². The molecule has 152 valence electrons. The minimum Gasteiger partial charge on any atom is -0.326 e. The predicted octanol–water partition coefficient (Wildman–Crippen LogP) is 4.31. The molecule has 0 aliphatic carbocycles. The summed E-state index contributed by atoms with van der Waals surface area (Å²) in [5.74, 6) is -0.881. The molecule has 11 heteroatoms. The number of aromatic nitrogens is 1.